The van der Waals surface area contributed by atoms with E-state index >= 15 is 0 Å². The molecule has 21 heavy (non-hydrogen) atoms. The van der Waals surface area contributed by atoms with Crippen LogP contribution in [0.4, 0.5) is 0 Å². The van der Waals surface area contributed by atoms with Crippen LogP contribution in [0.1, 0.15) is 44.1 Å². The van der Waals surface area contributed by atoms with Crippen molar-refractivity contribution < 1.29 is 4.79 Å². The topological polar surface area (TPSA) is 32.3 Å². The first-order chi connectivity index (χ1) is 10.3. The first-order valence-corrected chi connectivity index (χ1v) is 8.39. The summed E-state index contributed by atoms with van der Waals surface area (Å²) >= 11 is 0. The summed E-state index contributed by atoms with van der Waals surface area (Å²) in [5, 5.41) is 3.71. The van der Waals surface area contributed by atoms with Crippen molar-refractivity contribution in [3.63, 3.8) is 0 Å². The molecule has 1 aromatic rings. The highest BCUT2D eigenvalue weighted by Gasteiger charge is 2.30. The number of carbonyl (C=O) groups is 1. The molecular weight excluding hydrogens is 260 g/mol. The first-order valence-electron chi connectivity index (χ1n) is 8.39. The smallest absolute Gasteiger partial charge is 0.224 e. The summed E-state index contributed by atoms with van der Waals surface area (Å²) in [6.07, 6.45) is 8.29. The molecule has 1 heterocycles. The lowest BCUT2D eigenvalue weighted by Gasteiger charge is -2.26. The van der Waals surface area contributed by atoms with E-state index in [1.807, 2.05) is 11.0 Å². The van der Waals surface area contributed by atoms with Gasteiger partial charge >= 0.3 is 0 Å². The molecule has 1 aromatic carbocycles. The van der Waals surface area contributed by atoms with E-state index in [4.69, 9.17) is 0 Å². The van der Waals surface area contributed by atoms with E-state index in [0.717, 1.165) is 19.5 Å². The van der Waals surface area contributed by atoms with E-state index in [9.17, 15) is 4.79 Å². The van der Waals surface area contributed by atoms with Crippen LogP contribution in [-0.4, -0.2) is 36.0 Å². The molecule has 1 saturated heterocycles. The second-order valence-electron chi connectivity index (χ2n) is 6.48. The van der Waals surface area contributed by atoms with Gasteiger partial charge in [-0.25, -0.2) is 0 Å². The van der Waals surface area contributed by atoms with Crippen molar-refractivity contribution in [2.45, 2.75) is 57.0 Å². The molecule has 2 aliphatic rings. The summed E-state index contributed by atoms with van der Waals surface area (Å²) in [7, 11) is 0. The zero-order valence-corrected chi connectivity index (χ0v) is 12.8. The van der Waals surface area contributed by atoms with Gasteiger partial charge in [0.15, 0.2) is 0 Å². The minimum Gasteiger partial charge on any atom is -0.341 e. The summed E-state index contributed by atoms with van der Waals surface area (Å²) < 4.78 is 0. The molecule has 1 aliphatic heterocycles. The Bertz CT molecular complexity index is 454. The van der Waals surface area contributed by atoms with E-state index in [1.165, 1.54) is 37.7 Å². The van der Waals surface area contributed by atoms with Crippen LogP contribution < -0.4 is 5.32 Å². The quantitative estimate of drug-likeness (QED) is 0.902. The Morgan fingerprint density at radius 3 is 2.57 bits per heavy atom. The zero-order valence-electron chi connectivity index (χ0n) is 12.8. The van der Waals surface area contributed by atoms with Gasteiger partial charge in [-0.15, -0.1) is 0 Å². The lowest BCUT2D eigenvalue weighted by molar-refractivity contribution is -0.127. The highest BCUT2D eigenvalue weighted by atomic mass is 16.2. The molecular formula is C18H26N2O. The second-order valence-corrected chi connectivity index (χ2v) is 6.48. The molecule has 3 nitrogen and oxygen atoms in total. The molecule has 0 aromatic heterocycles. The number of amides is 1. The maximum absolute atomic E-state index is 12.1. The second kappa shape index (κ2) is 7.08. The van der Waals surface area contributed by atoms with Gasteiger partial charge < -0.3 is 10.2 Å². The molecule has 1 atom stereocenters. The van der Waals surface area contributed by atoms with Crippen LogP contribution in [-0.2, 0) is 11.2 Å². The molecule has 0 bridgehead atoms. The average Bonchev–Trinajstić information content (AvgIpc) is 2.87. The summed E-state index contributed by atoms with van der Waals surface area (Å²) in [4.78, 5) is 14.2. The number of likely N-dealkylation sites (tertiary alicyclic amines) is 1. The number of nitrogens with one attached hydrogen (secondary N) is 1. The van der Waals surface area contributed by atoms with Crippen molar-refractivity contribution in [2.75, 3.05) is 13.1 Å². The lowest BCUT2D eigenvalue weighted by Crippen LogP contribution is -2.41. The average molecular weight is 286 g/mol. The van der Waals surface area contributed by atoms with Crippen LogP contribution in [0.25, 0.3) is 0 Å². The van der Waals surface area contributed by atoms with Gasteiger partial charge in [-0.3, -0.25) is 4.79 Å². The molecule has 114 valence electrons. The van der Waals surface area contributed by atoms with Crippen LogP contribution in [0.3, 0.4) is 0 Å². The Morgan fingerprint density at radius 2 is 1.81 bits per heavy atom. The van der Waals surface area contributed by atoms with Crippen LogP contribution in [0.2, 0.25) is 0 Å². The molecule has 1 amide bonds. The Balaban J connectivity index is 1.45. The molecule has 1 saturated carbocycles. The van der Waals surface area contributed by atoms with Gasteiger partial charge in [0.1, 0.15) is 0 Å². The fraction of sp³-hybridized carbons (Fsp3) is 0.611. The number of nitrogens with zero attached hydrogens (tertiary/aromatic N) is 1. The Kier molecular flexibility index (Phi) is 4.91. The van der Waals surface area contributed by atoms with Crippen molar-refractivity contribution in [3.05, 3.63) is 35.9 Å². The molecule has 2 fully saturated rings. The predicted molar refractivity (Wildman–Crippen MR) is 85.1 cm³/mol. The maximum Gasteiger partial charge on any atom is 0.224 e. The summed E-state index contributed by atoms with van der Waals surface area (Å²) in [6.45, 7) is 1.74. The minimum atomic E-state index is 0.319. The van der Waals surface area contributed by atoms with Gasteiger partial charge in [0, 0.05) is 31.6 Å². The van der Waals surface area contributed by atoms with Crippen LogP contribution in [0, 0.1) is 0 Å². The fourth-order valence-electron chi connectivity index (χ4n) is 3.61. The Hall–Kier alpha value is -1.35. The highest BCUT2D eigenvalue weighted by Crippen LogP contribution is 2.20. The van der Waals surface area contributed by atoms with Gasteiger partial charge in [0.2, 0.25) is 5.91 Å². The monoisotopic (exact) mass is 286 g/mol. The molecule has 0 radical (unpaired) electrons. The molecule has 1 aliphatic carbocycles. The normalized spacial score (nSPS) is 23.7. The van der Waals surface area contributed by atoms with E-state index in [2.05, 4.69) is 29.6 Å². The van der Waals surface area contributed by atoms with Crippen molar-refractivity contribution >= 4 is 5.91 Å². The third kappa shape index (κ3) is 4.07. The summed E-state index contributed by atoms with van der Waals surface area (Å²) in [5.41, 5.74) is 1.31. The van der Waals surface area contributed by atoms with Crippen LogP contribution >= 0.6 is 0 Å². The Morgan fingerprint density at radius 1 is 1.05 bits per heavy atom. The summed E-state index contributed by atoms with van der Waals surface area (Å²) in [5.74, 6) is 0.319. The minimum absolute atomic E-state index is 0.319. The van der Waals surface area contributed by atoms with E-state index < -0.39 is 0 Å². The van der Waals surface area contributed by atoms with Crippen molar-refractivity contribution in [1.82, 2.24) is 10.2 Å². The maximum atomic E-state index is 12.1. The largest absolute Gasteiger partial charge is 0.341 e. The summed E-state index contributed by atoms with van der Waals surface area (Å²) in [6, 6.07) is 11.5. The number of rotatable bonds is 5. The molecule has 1 N–H and O–H groups in total. The number of benzene rings is 1. The molecule has 0 spiro atoms. The predicted octanol–water partition coefficient (Wildman–Crippen LogP) is 2.75. The Labute approximate surface area is 127 Å². The van der Waals surface area contributed by atoms with Gasteiger partial charge in [0.25, 0.3) is 0 Å². The third-order valence-corrected chi connectivity index (χ3v) is 4.80. The SMILES string of the molecule is O=C1C[C@@H](NC2CCCCC2)CN1CCc1ccccc1. The number of carbonyl (C=O) groups excluding carboxylic acids is 1. The molecule has 0 unspecified atom stereocenters. The van der Waals surface area contributed by atoms with E-state index in [0.29, 0.717) is 24.4 Å². The fourth-order valence-corrected chi connectivity index (χ4v) is 3.61. The number of hydrogen-bond acceptors (Lipinski definition) is 2. The standard InChI is InChI=1S/C18H26N2O/c21-18-13-17(19-16-9-5-2-6-10-16)14-20(18)12-11-15-7-3-1-4-8-15/h1,3-4,7-8,16-17,19H,2,5-6,9-14H2/t17-/m1/s1. The van der Waals surface area contributed by atoms with Crippen LogP contribution in [0.5, 0.6) is 0 Å². The zero-order chi connectivity index (χ0) is 14.5. The number of hydrogen-bond donors (Lipinski definition) is 1. The first kappa shape index (κ1) is 14.6. The third-order valence-electron chi connectivity index (χ3n) is 4.80. The molecule has 3 heteroatoms. The van der Waals surface area contributed by atoms with Gasteiger partial charge in [-0.2, -0.15) is 0 Å². The highest BCUT2D eigenvalue weighted by molar-refractivity contribution is 5.79. The van der Waals surface area contributed by atoms with Crippen LogP contribution in [0.15, 0.2) is 30.3 Å². The van der Waals surface area contributed by atoms with E-state index in [-0.39, 0.29) is 0 Å². The van der Waals surface area contributed by atoms with Gasteiger partial charge in [0.05, 0.1) is 0 Å². The lowest BCUT2D eigenvalue weighted by atomic mass is 9.95. The van der Waals surface area contributed by atoms with Crippen molar-refractivity contribution in [3.8, 4) is 0 Å². The van der Waals surface area contributed by atoms with Crippen molar-refractivity contribution in [2.24, 2.45) is 0 Å². The van der Waals surface area contributed by atoms with Gasteiger partial charge in [-0.1, -0.05) is 49.6 Å². The molecule has 3 rings (SSSR count). The van der Waals surface area contributed by atoms with E-state index in [1.54, 1.807) is 0 Å². The van der Waals surface area contributed by atoms with Crippen molar-refractivity contribution in [1.29, 1.82) is 0 Å². The van der Waals surface area contributed by atoms with Gasteiger partial charge in [-0.05, 0) is 24.8 Å².